The van der Waals surface area contributed by atoms with Gasteiger partial charge in [0.25, 0.3) is 0 Å². The Morgan fingerprint density at radius 2 is 1.82 bits per heavy atom. The maximum absolute atomic E-state index is 14.8. The zero-order chi connectivity index (χ0) is 30.3. The summed E-state index contributed by atoms with van der Waals surface area (Å²) in [5, 5.41) is 4.04. The molecule has 1 saturated carbocycles. The van der Waals surface area contributed by atoms with Crippen molar-refractivity contribution in [1.29, 1.82) is 0 Å². The molecule has 2 fully saturated rings. The smallest absolute Gasteiger partial charge is 0.235 e. The Morgan fingerprint density at radius 3 is 2.61 bits per heavy atom. The first-order valence-electron chi connectivity index (χ1n) is 14.7. The molecule has 1 unspecified atom stereocenters. The highest BCUT2D eigenvalue weighted by molar-refractivity contribution is 7.93. The van der Waals surface area contributed by atoms with E-state index in [1.807, 2.05) is 33.6 Å². The minimum absolute atomic E-state index is 0.138. The monoisotopic (exact) mass is 619 g/mol. The highest BCUT2D eigenvalue weighted by Gasteiger charge is 2.36. The standard InChI is InChI=1S/C32H31F2N5O4S/c33-25-4-7-28(29(34)17-25)22-13-23(15-26(14-22)37-44(40,41)27-5-6-27)30-19-35-31-16-21(8-9-39(30)31)24-18-36-38(20-24)10-12-43-32-3-1-2-11-42-32/h4,7-9,13-20,27,32,37H,1-3,5-6,10-12H2. The number of halogens is 2. The molecule has 9 nitrogen and oxygen atoms in total. The Hall–Kier alpha value is -4.13. The number of nitrogens with one attached hydrogen (secondary N) is 1. The third-order valence-corrected chi connectivity index (χ3v) is 9.81. The van der Waals surface area contributed by atoms with Crippen LogP contribution in [0.3, 0.4) is 0 Å². The van der Waals surface area contributed by atoms with Gasteiger partial charge in [-0.2, -0.15) is 5.10 Å². The van der Waals surface area contributed by atoms with Crippen LogP contribution in [-0.4, -0.2) is 52.3 Å². The largest absolute Gasteiger partial charge is 0.353 e. The summed E-state index contributed by atoms with van der Waals surface area (Å²) >= 11 is 0. The first-order chi connectivity index (χ1) is 21.3. The molecule has 44 heavy (non-hydrogen) atoms. The average Bonchev–Trinajstić information content (AvgIpc) is 3.64. The van der Waals surface area contributed by atoms with Gasteiger partial charge in [0.2, 0.25) is 10.0 Å². The number of ether oxygens (including phenoxy) is 2. The van der Waals surface area contributed by atoms with Gasteiger partial charge in [-0.25, -0.2) is 22.2 Å². The van der Waals surface area contributed by atoms with Crippen LogP contribution in [0.2, 0.25) is 0 Å². The molecule has 1 aliphatic heterocycles. The van der Waals surface area contributed by atoms with E-state index in [-0.39, 0.29) is 11.9 Å². The van der Waals surface area contributed by atoms with Gasteiger partial charge >= 0.3 is 0 Å². The number of imidazole rings is 1. The van der Waals surface area contributed by atoms with E-state index in [2.05, 4.69) is 14.8 Å². The highest BCUT2D eigenvalue weighted by atomic mass is 32.2. The lowest BCUT2D eigenvalue weighted by Crippen LogP contribution is -2.24. The summed E-state index contributed by atoms with van der Waals surface area (Å²) in [6.07, 6.45) is 11.5. The zero-order valence-corrected chi connectivity index (χ0v) is 24.6. The van der Waals surface area contributed by atoms with E-state index < -0.39 is 26.9 Å². The van der Waals surface area contributed by atoms with Gasteiger partial charge in [-0.05, 0) is 85.7 Å². The van der Waals surface area contributed by atoms with Crippen LogP contribution >= 0.6 is 0 Å². The molecule has 7 rings (SSSR count). The van der Waals surface area contributed by atoms with Gasteiger partial charge in [-0.15, -0.1) is 0 Å². The Balaban J connectivity index is 1.17. The molecule has 5 aromatic rings. The highest BCUT2D eigenvalue weighted by Crippen LogP contribution is 2.35. The van der Waals surface area contributed by atoms with Crippen LogP contribution in [0, 0.1) is 11.6 Å². The van der Waals surface area contributed by atoms with E-state index in [4.69, 9.17) is 9.47 Å². The van der Waals surface area contributed by atoms with Crippen molar-refractivity contribution < 1.29 is 26.7 Å². The minimum atomic E-state index is -3.58. The Labute approximate surface area is 253 Å². The molecule has 1 N–H and O–H groups in total. The summed E-state index contributed by atoms with van der Waals surface area (Å²) < 4.78 is 71.8. The van der Waals surface area contributed by atoms with Crippen LogP contribution in [0.4, 0.5) is 14.5 Å². The quantitative estimate of drug-likeness (QED) is 0.198. The lowest BCUT2D eigenvalue weighted by atomic mass is 10.00. The Morgan fingerprint density at radius 1 is 0.955 bits per heavy atom. The number of anilines is 1. The number of pyridine rings is 1. The second kappa shape index (κ2) is 11.8. The van der Waals surface area contributed by atoms with E-state index in [0.717, 1.165) is 43.1 Å². The summed E-state index contributed by atoms with van der Waals surface area (Å²) in [5.41, 5.74) is 4.69. The fourth-order valence-electron chi connectivity index (χ4n) is 5.47. The molecular weight excluding hydrogens is 588 g/mol. The van der Waals surface area contributed by atoms with Crippen LogP contribution in [0.5, 0.6) is 0 Å². The molecule has 4 heterocycles. The summed E-state index contributed by atoms with van der Waals surface area (Å²) in [4.78, 5) is 4.60. The summed E-state index contributed by atoms with van der Waals surface area (Å²) in [5.74, 6) is -1.43. The third kappa shape index (κ3) is 6.10. The van der Waals surface area contributed by atoms with Crippen LogP contribution in [0.25, 0.3) is 39.2 Å². The fourth-order valence-corrected chi connectivity index (χ4v) is 6.84. The lowest BCUT2D eigenvalue weighted by molar-refractivity contribution is -0.163. The van der Waals surface area contributed by atoms with Crippen molar-refractivity contribution in [3.8, 4) is 33.5 Å². The van der Waals surface area contributed by atoms with Crippen molar-refractivity contribution in [1.82, 2.24) is 19.2 Å². The number of nitrogens with zero attached hydrogens (tertiary/aromatic N) is 4. The number of sulfonamides is 1. The third-order valence-electron chi connectivity index (χ3n) is 7.94. The van der Waals surface area contributed by atoms with E-state index in [0.29, 0.717) is 54.1 Å². The van der Waals surface area contributed by atoms with Gasteiger partial charge in [-0.1, -0.05) is 0 Å². The molecule has 12 heteroatoms. The summed E-state index contributed by atoms with van der Waals surface area (Å²) in [6, 6.07) is 12.2. The molecule has 228 valence electrons. The summed E-state index contributed by atoms with van der Waals surface area (Å²) in [7, 11) is -3.58. The maximum atomic E-state index is 14.8. The number of benzene rings is 2. The molecule has 0 amide bonds. The second-order valence-corrected chi connectivity index (χ2v) is 13.2. The predicted molar refractivity (Wildman–Crippen MR) is 162 cm³/mol. The van der Waals surface area contributed by atoms with Crippen molar-refractivity contribution in [3.63, 3.8) is 0 Å². The zero-order valence-electron chi connectivity index (χ0n) is 23.8. The number of hydrogen-bond acceptors (Lipinski definition) is 6. The molecule has 3 aromatic heterocycles. The van der Waals surface area contributed by atoms with Crippen molar-refractivity contribution in [2.45, 2.75) is 50.2 Å². The topological polar surface area (TPSA) is 99.8 Å². The van der Waals surface area contributed by atoms with Gasteiger partial charge < -0.3 is 9.47 Å². The van der Waals surface area contributed by atoms with E-state index in [1.54, 1.807) is 30.6 Å². The van der Waals surface area contributed by atoms with E-state index in [9.17, 15) is 17.2 Å². The lowest BCUT2D eigenvalue weighted by Gasteiger charge is -2.22. The van der Waals surface area contributed by atoms with Crippen molar-refractivity contribution in [2.24, 2.45) is 0 Å². The molecule has 0 radical (unpaired) electrons. The van der Waals surface area contributed by atoms with Gasteiger partial charge in [0.05, 0.1) is 36.5 Å². The molecule has 1 aliphatic carbocycles. The molecule has 2 aliphatic rings. The SMILES string of the molecule is O=S(=O)(Nc1cc(-c2ccc(F)cc2F)cc(-c2cnc3cc(-c4cnn(CCOC5CCCCO5)c4)ccn23)c1)C1CC1. The fraction of sp³-hybridized carbons (Fsp3) is 0.312. The van der Waals surface area contributed by atoms with E-state index in [1.165, 1.54) is 12.1 Å². The molecule has 0 spiro atoms. The van der Waals surface area contributed by atoms with E-state index >= 15 is 0 Å². The molecule has 0 bridgehead atoms. The van der Waals surface area contributed by atoms with Crippen LogP contribution in [0.1, 0.15) is 32.1 Å². The van der Waals surface area contributed by atoms with Crippen molar-refractivity contribution in [3.05, 3.63) is 85.0 Å². The molecule has 2 aromatic carbocycles. The van der Waals surface area contributed by atoms with Crippen molar-refractivity contribution >= 4 is 21.4 Å². The maximum Gasteiger partial charge on any atom is 0.235 e. The number of rotatable bonds is 10. The summed E-state index contributed by atoms with van der Waals surface area (Å²) in [6.45, 7) is 1.86. The van der Waals surface area contributed by atoms with Gasteiger partial charge in [0.1, 0.15) is 17.3 Å². The molecule has 1 atom stereocenters. The van der Waals surface area contributed by atoms with Crippen LogP contribution < -0.4 is 4.72 Å². The first kappa shape index (κ1) is 28.6. The normalized spacial score (nSPS) is 17.3. The minimum Gasteiger partial charge on any atom is -0.353 e. The Kier molecular flexibility index (Phi) is 7.65. The van der Waals surface area contributed by atoms with Crippen molar-refractivity contribution in [2.75, 3.05) is 17.9 Å². The predicted octanol–water partition coefficient (Wildman–Crippen LogP) is 6.26. The molecule has 1 saturated heterocycles. The van der Waals surface area contributed by atoms with Crippen LogP contribution in [0.15, 0.2) is 73.3 Å². The van der Waals surface area contributed by atoms with Gasteiger partial charge in [0.15, 0.2) is 6.29 Å². The van der Waals surface area contributed by atoms with Gasteiger partial charge in [0, 0.05) is 47.4 Å². The number of hydrogen-bond donors (Lipinski definition) is 1. The van der Waals surface area contributed by atoms with Crippen LogP contribution in [-0.2, 0) is 26.0 Å². The first-order valence-corrected chi connectivity index (χ1v) is 16.2. The number of fused-ring (bicyclic) bond motifs is 1. The molecular formula is C32H31F2N5O4S. The second-order valence-electron chi connectivity index (χ2n) is 11.2. The Bertz CT molecular complexity index is 1930. The number of aromatic nitrogens is 4. The average molecular weight is 620 g/mol. The van der Waals surface area contributed by atoms with Gasteiger partial charge in [-0.3, -0.25) is 13.8 Å².